The molecule has 0 bridgehead atoms. The van der Waals surface area contributed by atoms with Gasteiger partial charge in [0.2, 0.25) is 5.91 Å². The molecule has 0 spiro atoms. The Morgan fingerprint density at radius 3 is 2.78 bits per heavy atom. The lowest BCUT2D eigenvalue weighted by atomic mass is 9.96. The number of pyridine rings is 1. The van der Waals surface area contributed by atoms with Crippen LogP contribution in [-0.2, 0) is 4.79 Å². The minimum atomic E-state index is -0.110. The Morgan fingerprint density at radius 2 is 2.04 bits per heavy atom. The highest BCUT2D eigenvalue weighted by molar-refractivity contribution is 5.94. The second-order valence-electron chi connectivity index (χ2n) is 5.87. The van der Waals surface area contributed by atoms with Crippen molar-refractivity contribution in [3.8, 4) is 0 Å². The van der Waals surface area contributed by atoms with Crippen LogP contribution in [0.1, 0.15) is 36.5 Å². The molecule has 1 aliphatic rings. The van der Waals surface area contributed by atoms with Crippen LogP contribution < -0.4 is 10.6 Å². The highest BCUT2D eigenvalue weighted by Gasteiger charge is 2.28. The Bertz CT molecular complexity index is 507. The van der Waals surface area contributed by atoms with Gasteiger partial charge >= 0.3 is 0 Å². The number of likely N-dealkylation sites (tertiary alicyclic amines) is 1. The molecular formula is C17H26N4O2. The van der Waals surface area contributed by atoms with Crippen molar-refractivity contribution in [3.05, 3.63) is 30.1 Å². The van der Waals surface area contributed by atoms with Crippen LogP contribution in [0.2, 0.25) is 0 Å². The molecule has 2 rings (SSSR count). The first-order valence-corrected chi connectivity index (χ1v) is 8.40. The molecule has 0 aromatic carbocycles. The van der Waals surface area contributed by atoms with Gasteiger partial charge in [-0.15, -0.1) is 0 Å². The zero-order chi connectivity index (χ0) is 16.5. The van der Waals surface area contributed by atoms with Crippen LogP contribution in [0.25, 0.3) is 0 Å². The van der Waals surface area contributed by atoms with Gasteiger partial charge in [-0.1, -0.05) is 6.92 Å². The van der Waals surface area contributed by atoms with Crippen molar-refractivity contribution in [2.45, 2.75) is 26.2 Å². The van der Waals surface area contributed by atoms with Gasteiger partial charge in [0, 0.05) is 44.1 Å². The molecule has 1 aromatic heterocycles. The van der Waals surface area contributed by atoms with Gasteiger partial charge in [-0.2, -0.15) is 0 Å². The fourth-order valence-electron chi connectivity index (χ4n) is 2.77. The quantitative estimate of drug-likeness (QED) is 0.737. The fraction of sp³-hybridized carbons (Fsp3) is 0.588. The van der Waals surface area contributed by atoms with E-state index in [9.17, 15) is 9.59 Å². The number of amides is 2. The van der Waals surface area contributed by atoms with E-state index in [1.165, 1.54) is 0 Å². The molecule has 6 heteroatoms. The van der Waals surface area contributed by atoms with E-state index in [-0.39, 0.29) is 17.7 Å². The Labute approximate surface area is 137 Å². The van der Waals surface area contributed by atoms with Gasteiger partial charge in [0.15, 0.2) is 0 Å². The van der Waals surface area contributed by atoms with Crippen molar-refractivity contribution in [2.24, 2.45) is 5.92 Å². The molecule has 1 aromatic rings. The van der Waals surface area contributed by atoms with Gasteiger partial charge in [0.25, 0.3) is 5.91 Å². The molecule has 0 saturated carbocycles. The molecule has 126 valence electrons. The van der Waals surface area contributed by atoms with Crippen molar-refractivity contribution in [1.82, 2.24) is 20.5 Å². The second-order valence-corrected chi connectivity index (χ2v) is 5.87. The number of aromatic nitrogens is 1. The van der Waals surface area contributed by atoms with E-state index in [4.69, 9.17) is 0 Å². The first-order chi connectivity index (χ1) is 11.2. The summed E-state index contributed by atoms with van der Waals surface area (Å²) in [4.78, 5) is 30.4. The van der Waals surface area contributed by atoms with Crippen LogP contribution in [0.15, 0.2) is 24.5 Å². The average molecular weight is 318 g/mol. The number of nitrogens with zero attached hydrogens (tertiary/aromatic N) is 2. The molecule has 0 aliphatic carbocycles. The molecule has 23 heavy (non-hydrogen) atoms. The van der Waals surface area contributed by atoms with Gasteiger partial charge in [0.05, 0.1) is 5.92 Å². The van der Waals surface area contributed by atoms with Crippen LogP contribution in [-0.4, -0.2) is 54.4 Å². The van der Waals surface area contributed by atoms with Crippen LogP contribution in [0.4, 0.5) is 0 Å². The average Bonchev–Trinajstić information content (AvgIpc) is 2.61. The van der Waals surface area contributed by atoms with Crippen molar-refractivity contribution >= 4 is 11.8 Å². The van der Waals surface area contributed by atoms with E-state index >= 15 is 0 Å². The summed E-state index contributed by atoms with van der Waals surface area (Å²) in [6.07, 6.45) is 6.02. The van der Waals surface area contributed by atoms with Crippen LogP contribution in [0.5, 0.6) is 0 Å². The van der Waals surface area contributed by atoms with E-state index in [0.717, 1.165) is 32.4 Å². The van der Waals surface area contributed by atoms with E-state index in [1.807, 2.05) is 0 Å². The van der Waals surface area contributed by atoms with Crippen LogP contribution in [0, 0.1) is 5.92 Å². The SMILES string of the molecule is CCCNCCNC(=O)C1CCCN(C(=O)c2ccncc2)C1. The van der Waals surface area contributed by atoms with Gasteiger partial charge in [-0.05, 0) is 37.9 Å². The molecule has 2 amide bonds. The third kappa shape index (κ3) is 5.32. The van der Waals surface area contributed by atoms with Gasteiger partial charge in [-0.3, -0.25) is 14.6 Å². The maximum absolute atomic E-state index is 12.5. The molecule has 1 unspecified atom stereocenters. The Morgan fingerprint density at radius 1 is 1.26 bits per heavy atom. The number of carbonyl (C=O) groups is 2. The summed E-state index contributed by atoms with van der Waals surface area (Å²) >= 11 is 0. The predicted octanol–water partition coefficient (Wildman–Crippen LogP) is 1.05. The largest absolute Gasteiger partial charge is 0.355 e. The summed E-state index contributed by atoms with van der Waals surface area (Å²) in [5.74, 6) is -0.0780. The van der Waals surface area contributed by atoms with Gasteiger partial charge in [-0.25, -0.2) is 0 Å². The fourth-order valence-corrected chi connectivity index (χ4v) is 2.77. The number of nitrogens with one attached hydrogen (secondary N) is 2. The minimum absolute atomic E-state index is 0.0190. The minimum Gasteiger partial charge on any atom is -0.355 e. The topological polar surface area (TPSA) is 74.3 Å². The number of hydrogen-bond donors (Lipinski definition) is 2. The second kappa shape index (κ2) is 9.25. The Hall–Kier alpha value is -1.95. The first-order valence-electron chi connectivity index (χ1n) is 8.40. The van der Waals surface area contributed by atoms with Crippen LogP contribution >= 0.6 is 0 Å². The lowest BCUT2D eigenvalue weighted by molar-refractivity contribution is -0.126. The number of hydrogen-bond acceptors (Lipinski definition) is 4. The maximum Gasteiger partial charge on any atom is 0.253 e. The van der Waals surface area contributed by atoms with Crippen molar-refractivity contribution in [2.75, 3.05) is 32.7 Å². The predicted molar refractivity (Wildman–Crippen MR) is 89.0 cm³/mol. The molecule has 2 heterocycles. The lowest BCUT2D eigenvalue weighted by Gasteiger charge is -2.32. The molecule has 1 aliphatic heterocycles. The Balaban J connectivity index is 1.81. The summed E-state index contributed by atoms with van der Waals surface area (Å²) in [7, 11) is 0. The molecule has 2 N–H and O–H groups in total. The van der Waals surface area contributed by atoms with Gasteiger partial charge in [0.1, 0.15) is 0 Å². The number of carbonyl (C=O) groups excluding carboxylic acids is 2. The zero-order valence-electron chi connectivity index (χ0n) is 13.8. The summed E-state index contributed by atoms with van der Waals surface area (Å²) < 4.78 is 0. The molecule has 6 nitrogen and oxygen atoms in total. The maximum atomic E-state index is 12.5. The normalized spacial score (nSPS) is 17.8. The van der Waals surface area contributed by atoms with Crippen molar-refractivity contribution in [1.29, 1.82) is 0 Å². The molecule has 0 radical (unpaired) electrons. The highest BCUT2D eigenvalue weighted by atomic mass is 16.2. The van der Waals surface area contributed by atoms with Crippen molar-refractivity contribution in [3.63, 3.8) is 0 Å². The van der Waals surface area contributed by atoms with Gasteiger partial charge < -0.3 is 15.5 Å². The standard InChI is InChI=1S/C17H26N4O2/c1-2-7-18-10-11-20-16(22)15-4-3-12-21(13-15)17(23)14-5-8-19-9-6-14/h5-6,8-9,15,18H,2-4,7,10-13H2,1H3,(H,20,22). The lowest BCUT2D eigenvalue weighted by Crippen LogP contribution is -2.46. The molecule has 1 atom stereocenters. The summed E-state index contributed by atoms with van der Waals surface area (Å²) in [6.45, 7) is 5.70. The Kier molecular flexibility index (Phi) is 7.00. The van der Waals surface area contributed by atoms with E-state index < -0.39 is 0 Å². The number of piperidine rings is 1. The summed E-state index contributed by atoms with van der Waals surface area (Å²) in [5, 5.41) is 6.22. The van der Waals surface area contributed by atoms with E-state index in [2.05, 4.69) is 22.5 Å². The number of rotatable bonds is 7. The monoisotopic (exact) mass is 318 g/mol. The smallest absolute Gasteiger partial charge is 0.253 e. The summed E-state index contributed by atoms with van der Waals surface area (Å²) in [6, 6.07) is 3.43. The first kappa shape index (κ1) is 17.4. The highest BCUT2D eigenvalue weighted by Crippen LogP contribution is 2.18. The van der Waals surface area contributed by atoms with Crippen molar-refractivity contribution < 1.29 is 9.59 Å². The molecular weight excluding hydrogens is 292 g/mol. The van der Waals surface area contributed by atoms with E-state index in [0.29, 0.717) is 25.2 Å². The van der Waals surface area contributed by atoms with E-state index in [1.54, 1.807) is 29.4 Å². The third-order valence-electron chi connectivity index (χ3n) is 4.03. The molecule has 1 saturated heterocycles. The van der Waals surface area contributed by atoms with Crippen LogP contribution in [0.3, 0.4) is 0 Å². The molecule has 1 fully saturated rings. The zero-order valence-corrected chi connectivity index (χ0v) is 13.8. The summed E-state index contributed by atoms with van der Waals surface area (Å²) in [5.41, 5.74) is 0.629. The third-order valence-corrected chi connectivity index (χ3v) is 4.03.